The lowest BCUT2D eigenvalue weighted by Crippen LogP contribution is -2.42. The molecule has 0 spiro atoms. The summed E-state index contributed by atoms with van der Waals surface area (Å²) in [6.07, 6.45) is -3.60. The summed E-state index contributed by atoms with van der Waals surface area (Å²) < 4.78 is 45.1. The number of rotatable bonds is 4. The van der Waals surface area contributed by atoms with Gasteiger partial charge in [-0.2, -0.15) is 13.2 Å². The fourth-order valence-corrected chi connectivity index (χ4v) is 3.53. The molecule has 2 aromatic rings. The van der Waals surface area contributed by atoms with E-state index < -0.39 is 17.5 Å². The maximum absolute atomic E-state index is 13.4. The fraction of sp³-hybridized carbons (Fsp3) is 0.529. The van der Waals surface area contributed by atoms with Crippen molar-refractivity contribution < 1.29 is 17.6 Å². The topological polar surface area (TPSA) is 83.0 Å². The summed E-state index contributed by atoms with van der Waals surface area (Å²) in [5, 5.41) is 12.1. The molecule has 0 amide bonds. The Hall–Kier alpha value is -2.00. The van der Waals surface area contributed by atoms with Crippen LogP contribution < -0.4 is 16.4 Å². The van der Waals surface area contributed by atoms with Gasteiger partial charge in [-0.3, -0.25) is 0 Å². The number of hydrogen-bond donors (Lipinski definition) is 3. The first-order valence-electron chi connectivity index (χ1n) is 8.50. The molecule has 3 rings (SSSR count). The van der Waals surface area contributed by atoms with Gasteiger partial charge in [-0.15, -0.1) is 17.5 Å². The minimum Gasteiger partial charge on any atom is -0.388 e. The molecular formula is C17H22ClF3N4O2. The highest BCUT2D eigenvalue weighted by Gasteiger charge is 2.35. The largest absolute Gasteiger partial charge is 0.434 e. The maximum atomic E-state index is 13.4. The first kappa shape index (κ1) is 21.3. The van der Waals surface area contributed by atoms with E-state index in [2.05, 4.69) is 27.8 Å². The van der Waals surface area contributed by atoms with Crippen LogP contribution in [0, 0.1) is 11.8 Å². The Morgan fingerprint density at radius 2 is 2.11 bits per heavy atom. The molecule has 150 valence electrons. The molecule has 0 radical (unpaired) electrons. The molecule has 0 unspecified atom stereocenters. The average molecular weight is 407 g/mol. The van der Waals surface area contributed by atoms with Gasteiger partial charge in [0.1, 0.15) is 0 Å². The van der Waals surface area contributed by atoms with Crippen molar-refractivity contribution in [1.82, 2.24) is 15.5 Å². The van der Waals surface area contributed by atoms with Crippen molar-refractivity contribution in [1.29, 1.82) is 0 Å². The van der Waals surface area contributed by atoms with Gasteiger partial charge in [0.25, 0.3) is 0 Å². The van der Waals surface area contributed by atoms with Crippen LogP contribution in [0.15, 0.2) is 27.4 Å². The average Bonchev–Trinajstić information content (AvgIpc) is 3.00. The van der Waals surface area contributed by atoms with Crippen molar-refractivity contribution in [3.63, 3.8) is 0 Å². The van der Waals surface area contributed by atoms with Crippen LogP contribution in [0.4, 0.5) is 18.9 Å². The monoisotopic (exact) mass is 406 g/mol. The molecule has 0 saturated carbocycles. The summed E-state index contributed by atoms with van der Waals surface area (Å²) in [7, 11) is 0. The van der Waals surface area contributed by atoms with Crippen LogP contribution in [0.1, 0.15) is 25.8 Å². The number of hydrogen-bond acceptors (Lipinski definition) is 5. The van der Waals surface area contributed by atoms with E-state index in [9.17, 15) is 18.0 Å². The van der Waals surface area contributed by atoms with Crippen LogP contribution in [-0.2, 0) is 6.18 Å². The van der Waals surface area contributed by atoms with Gasteiger partial charge in [0.2, 0.25) is 5.89 Å². The van der Waals surface area contributed by atoms with Crippen molar-refractivity contribution in [3.8, 4) is 11.5 Å². The molecule has 1 fully saturated rings. The summed E-state index contributed by atoms with van der Waals surface area (Å²) in [6, 6.07) is 3.40. The van der Waals surface area contributed by atoms with E-state index in [1.807, 2.05) is 6.92 Å². The van der Waals surface area contributed by atoms with E-state index in [0.717, 1.165) is 25.6 Å². The molecule has 3 N–H and O–H groups in total. The van der Waals surface area contributed by atoms with Crippen LogP contribution in [-0.4, -0.2) is 29.3 Å². The summed E-state index contributed by atoms with van der Waals surface area (Å²) >= 11 is 0. The van der Waals surface area contributed by atoms with Crippen LogP contribution in [0.25, 0.3) is 11.5 Å². The Balaban J connectivity index is 0.00000261. The lowest BCUT2D eigenvalue weighted by atomic mass is 9.82. The molecule has 27 heavy (non-hydrogen) atoms. The molecule has 1 aliphatic rings. The number of piperidine rings is 1. The van der Waals surface area contributed by atoms with E-state index in [0.29, 0.717) is 11.5 Å². The van der Waals surface area contributed by atoms with E-state index in [1.54, 1.807) is 0 Å². The third-order valence-corrected chi connectivity index (χ3v) is 4.89. The number of nitrogens with one attached hydrogen (secondary N) is 3. The number of nitrogens with zero attached hydrogens (tertiary/aromatic N) is 1. The molecule has 10 heteroatoms. The second-order valence-corrected chi connectivity index (χ2v) is 6.74. The van der Waals surface area contributed by atoms with Crippen molar-refractivity contribution in [2.75, 3.05) is 18.4 Å². The first-order chi connectivity index (χ1) is 12.3. The minimum absolute atomic E-state index is 0. The Kier molecular flexibility index (Phi) is 6.59. The zero-order chi connectivity index (χ0) is 18.9. The minimum atomic E-state index is -4.49. The van der Waals surface area contributed by atoms with Gasteiger partial charge in [-0.05, 0) is 56.5 Å². The molecule has 1 aromatic carbocycles. The molecular weight excluding hydrogens is 385 g/mol. The zero-order valence-corrected chi connectivity index (χ0v) is 15.7. The van der Waals surface area contributed by atoms with Gasteiger partial charge < -0.3 is 15.1 Å². The fourth-order valence-electron chi connectivity index (χ4n) is 3.53. The first-order valence-corrected chi connectivity index (χ1v) is 8.50. The number of aromatic nitrogens is 2. The van der Waals surface area contributed by atoms with Crippen LogP contribution in [0.3, 0.4) is 0 Å². The second kappa shape index (κ2) is 8.35. The second-order valence-electron chi connectivity index (χ2n) is 6.74. The van der Waals surface area contributed by atoms with Crippen LogP contribution in [0.2, 0.25) is 0 Å². The van der Waals surface area contributed by atoms with Gasteiger partial charge in [0.05, 0.1) is 5.56 Å². The summed E-state index contributed by atoms with van der Waals surface area (Å²) in [5.41, 5.74) is -0.504. The Bertz CT molecular complexity index is 821. The van der Waals surface area contributed by atoms with Gasteiger partial charge >= 0.3 is 11.9 Å². The highest BCUT2D eigenvalue weighted by molar-refractivity contribution is 5.85. The standard InChI is InChI=1S/C17H21F3N4O2.ClH/c1-9-8-21-6-5-12(9)10(2)22-14-7-11(15-23-24-16(25)26-15)3-4-13(14)17(18,19)20;/h3-4,7,9-10,12,21-22H,5-6,8H2,1-2H3,(H,24,25);1H/t9-,10+,12+;/m1./s1. The van der Waals surface area contributed by atoms with Crippen molar-refractivity contribution in [2.24, 2.45) is 11.8 Å². The molecule has 3 atom stereocenters. The molecule has 1 aliphatic heterocycles. The van der Waals surface area contributed by atoms with Crippen molar-refractivity contribution in [2.45, 2.75) is 32.5 Å². The van der Waals surface area contributed by atoms with Gasteiger partial charge in [0, 0.05) is 17.3 Å². The predicted octanol–water partition coefficient (Wildman–Crippen LogP) is 3.52. The number of benzene rings is 1. The molecule has 1 saturated heterocycles. The maximum Gasteiger partial charge on any atom is 0.434 e. The number of alkyl halides is 3. The van der Waals surface area contributed by atoms with Crippen LogP contribution in [0.5, 0.6) is 0 Å². The normalized spacial score (nSPS) is 21.4. The van der Waals surface area contributed by atoms with E-state index in [4.69, 9.17) is 4.42 Å². The molecule has 6 nitrogen and oxygen atoms in total. The quantitative estimate of drug-likeness (QED) is 0.723. The van der Waals surface area contributed by atoms with Crippen molar-refractivity contribution >= 4 is 18.1 Å². The predicted molar refractivity (Wildman–Crippen MR) is 98.0 cm³/mol. The zero-order valence-electron chi connectivity index (χ0n) is 14.9. The Morgan fingerprint density at radius 3 is 2.70 bits per heavy atom. The highest BCUT2D eigenvalue weighted by Crippen LogP contribution is 2.38. The lowest BCUT2D eigenvalue weighted by molar-refractivity contribution is -0.137. The number of H-pyrrole nitrogens is 1. The molecule has 1 aromatic heterocycles. The van der Waals surface area contributed by atoms with E-state index >= 15 is 0 Å². The van der Waals surface area contributed by atoms with Gasteiger partial charge in [-0.25, -0.2) is 9.89 Å². The highest BCUT2D eigenvalue weighted by atomic mass is 35.5. The van der Waals surface area contributed by atoms with Crippen molar-refractivity contribution in [3.05, 3.63) is 34.3 Å². The third kappa shape index (κ3) is 4.84. The van der Waals surface area contributed by atoms with E-state index in [1.165, 1.54) is 12.1 Å². The summed E-state index contributed by atoms with van der Waals surface area (Å²) in [4.78, 5) is 11.1. The molecule has 0 bridgehead atoms. The summed E-state index contributed by atoms with van der Waals surface area (Å²) in [5.74, 6) is -0.196. The number of halogens is 4. The molecule has 2 heterocycles. The lowest BCUT2D eigenvalue weighted by Gasteiger charge is -2.35. The SMILES string of the molecule is C[C@@H]1CNCC[C@@H]1[C@H](C)Nc1cc(-c2n[nH]c(=O)o2)ccc1C(F)(F)F.Cl. The Labute approximate surface area is 160 Å². The number of anilines is 1. The smallest absolute Gasteiger partial charge is 0.388 e. The Morgan fingerprint density at radius 1 is 1.37 bits per heavy atom. The van der Waals surface area contributed by atoms with Crippen LogP contribution >= 0.6 is 12.4 Å². The van der Waals surface area contributed by atoms with Gasteiger partial charge in [0.15, 0.2) is 0 Å². The van der Waals surface area contributed by atoms with E-state index in [-0.39, 0.29) is 35.9 Å². The van der Waals surface area contributed by atoms with Gasteiger partial charge in [-0.1, -0.05) is 6.92 Å². The molecule has 0 aliphatic carbocycles. The number of aromatic amines is 1. The third-order valence-electron chi connectivity index (χ3n) is 4.89. The summed E-state index contributed by atoms with van der Waals surface area (Å²) in [6.45, 7) is 5.69.